The van der Waals surface area contributed by atoms with E-state index < -0.39 is 5.82 Å². The number of hydrogen-bond acceptors (Lipinski definition) is 4. The number of nitrogens with one attached hydrogen (secondary N) is 1. The Kier molecular flexibility index (Phi) is 5.37. The standard InChI is InChI=1S/C18H18ClFN4O2/c1-12(25)23-6-8-24(9-7-23)18(26)13-4-5-21-17(10-13)22-14-2-3-16(20)15(19)11-14/h2-5,10-11H,6-9H2,1H3,(H,21,22). The van der Waals surface area contributed by atoms with Crippen LogP contribution in [0, 0.1) is 5.82 Å². The monoisotopic (exact) mass is 376 g/mol. The van der Waals surface area contributed by atoms with E-state index in [-0.39, 0.29) is 16.8 Å². The summed E-state index contributed by atoms with van der Waals surface area (Å²) in [6.07, 6.45) is 1.53. The lowest BCUT2D eigenvalue weighted by atomic mass is 10.2. The van der Waals surface area contributed by atoms with Crippen molar-refractivity contribution in [3.8, 4) is 0 Å². The zero-order valence-corrected chi connectivity index (χ0v) is 15.0. The number of hydrogen-bond donors (Lipinski definition) is 1. The summed E-state index contributed by atoms with van der Waals surface area (Å²) in [5.74, 6) is -0.138. The Morgan fingerprint density at radius 2 is 1.81 bits per heavy atom. The third-order valence-electron chi connectivity index (χ3n) is 4.21. The molecule has 0 unspecified atom stereocenters. The van der Waals surface area contributed by atoms with Crippen LogP contribution in [0.5, 0.6) is 0 Å². The molecule has 26 heavy (non-hydrogen) atoms. The predicted molar refractivity (Wildman–Crippen MR) is 97.1 cm³/mol. The number of anilines is 2. The molecule has 1 fully saturated rings. The molecule has 1 aromatic carbocycles. The van der Waals surface area contributed by atoms with Crippen LogP contribution in [0.25, 0.3) is 0 Å². The van der Waals surface area contributed by atoms with Crippen molar-refractivity contribution in [2.75, 3.05) is 31.5 Å². The highest BCUT2D eigenvalue weighted by Gasteiger charge is 2.23. The predicted octanol–water partition coefficient (Wildman–Crippen LogP) is 2.92. The van der Waals surface area contributed by atoms with E-state index in [2.05, 4.69) is 10.3 Å². The number of pyridine rings is 1. The Hall–Kier alpha value is -2.67. The van der Waals surface area contributed by atoms with Gasteiger partial charge in [0.05, 0.1) is 5.02 Å². The number of carbonyl (C=O) groups excluding carboxylic acids is 2. The zero-order valence-electron chi connectivity index (χ0n) is 14.2. The van der Waals surface area contributed by atoms with E-state index in [1.165, 1.54) is 25.3 Å². The average Bonchev–Trinajstić information content (AvgIpc) is 2.64. The molecule has 2 heterocycles. The summed E-state index contributed by atoms with van der Waals surface area (Å²) in [7, 11) is 0. The highest BCUT2D eigenvalue weighted by atomic mass is 35.5. The summed E-state index contributed by atoms with van der Waals surface area (Å²) in [6.45, 7) is 3.59. The summed E-state index contributed by atoms with van der Waals surface area (Å²) < 4.78 is 13.2. The topological polar surface area (TPSA) is 65.5 Å². The molecule has 1 N–H and O–H groups in total. The molecule has 0 spiro atoms. The van der Waals surface area contributed by atoms with Gasteiger partial charge in [0.25, 0.3) is 5.91 Å². The molecule has 1 aliphatic rings. The fourth-order valence-corrected chi connectivity index (χ4v) is 2.94. The van der Waals surface area contributed by atoms with Gasteiger partial charge in [0, 0.05) is 50.6 Å². The summed E-state index contributed by atoms with van der Waals surface area (Å²) in [6, 6.07) is 7.53. The van der Waals surface area contributed by atoms with Gasteiger partial charge >= 0.3 is 0 Å². The normalized spacial score (nSPS) is 14.3. The molecule has 1 saturated heterocycles. The Balaban J connectivity index is 1.69. The molecule has 0 bridgehead atoms. The van der Waals surface area contributed by atoms with Crippen LogP contribution in [0.15, 0.2) is 36.5 Å². The molecule has 6 nitrogen and oxygen atoms in total. The minimum absolute atomic E-state index is 0.00516. The Labute approximate surface area is 155 Å². The largest absolute Gasteiger partial charge is 0.340 e. The Morgan fingerprint density at radius 3 is 2.46 bits per heavy atom. The molecule has 0 atom stereocenters. The van der Waals surface area contributed by atoms with E-state index in [0.29, 0.717) is 43.2 Å². The highest BCUT2D eigenvalue weighted by molar-refractivity contribution is 6.31. The van der Waals surface area contributed by atoms with E-state index in [1.807, 2.05) is 0 Å². The van der Waals surface area contributed by atoms with Crippen LogP contribution >= 0.6 is 11.6 Å². The fraction of sp³-hybridized carbons (Fsp3) is 0.278. The first-order chi connectivity index (χ1) is 12.4. The lowest BCUT2D eigenvalue weighted by molar-refractivity contribution is -0.130. The molecule has 0 saturated carbocycles. The van der Waals surface area contributed by atoms with E-state index in [9.17, 15) is 14.0 Å². The van der Waals surface area contributed by atoms with Crippen LogP contribution in [0.4, 0.5) is 15.9 Å². The number of aromatic nitrogens is 1. The van der Waals surface area contributed by atoms with Gasteiger partial charge in [-0.25, -0.2) is 9.37 Å². The fourth-order valence-electron chi connectivity index (χ4n) is 2.76. The van der Waals surface area contributed by atoms with Gasteiger partial charge in [-0.3, -0.25) is 9.59 Å². The number of amides is 2. The van der Waals surface area contributed by atoms with Gasteiger partial charge in [-0.2, -0.15) is 0 Å². The first-order valence-electron chi connectivity index (χ1n) is 8.17. The molecule has 8 heteroatoms. The van der Waals surface area contributed by atoms with Gasteiger partial charge in [0.1, 0.15) is 11.6 Å². The summed E-state index contributed by atoms with van der Waals surface area (Å²) in [5, 5.41) is 3.01. The summed E-state index contributed by atoms with van der Waals surface area (Å²) in [5.41, 5.74) is 1.07. The molecular formula is C18H18ClFN4O2. The number of halogens is 2. The molecule has 2 amide bonds. The molecule has 3 rings (SSSR count). The molecule has 1 aliphatic heterocycles. The van der Waals surface area contributed by atoms with Crippen molar-refractivity contribution in [1.82, 2.24) is 14.8 Å². The van der Waals surface area contributed by atoms with Gasteiger partial charge in [-0.05, 0) is 30.3 Å². The first kappa shape index (κ1) is 18.1. The quantitative estimate of drug-likeness (QED) is 0.894. The molecule has 0 aliphatic carbocycles. The number of carbonyl (C=O) groups is 2. The molecule has 136 valence electrons. The summed E-state index contributed by atoms with van der Waals surface area (Å²) >= 11 is 5.77. The van der Waals surface area contributed by atoms with Crippen molar-refractivity contribution in [3.05, 3.63) is 52.9 Å². The van der Waals surface area contributed by atoms with Crippen molar-refractivity contribution >= 4 is 34.9 Å². The van der Waals surface area contributed by atoms with Gasteiger partial charge in [-0.15, -0.1) is 0 Å². The van der Waals surface area contributed by atoms with Crippen LogP contribution in [0.1, 0.15) is 17.3 Å². The number of rotatable bonds is 3. The lowest BCUT2D eigenvalue weighted by Crippen LogP contribution is -2.50. The SMILES string of the molecule is CC(=O)N1CCN(C(=O)c2ccnc(Nc3ccc(F)c(Cl)c3)c2)CC1. The van der Waals surface area contributed by atoms with Crippen LogP contribution < -0.4 is 5.32 Å². The second-order valence-electron chi connectivity index (χ2n) is 5.98. The van der Waals surface area contributed by atoms with Crippen molar-refractivity contribution in [2.24, 2.45) is 0 Å². The molecular weight excluding hydrogens is 359 g/mol. The average molecular weight is 377 g/mol. The molecule has 2 aromatic rings. The van der Waals surface area contributed by atoms with Crippen LogP contribution in [-0.4, -0.2) is 52.8 Å². The first-order valence-corrected chi connectivity index (χ1v) is 8.55. The Bertz CT molecular complexity index is 838. The maximum atomic E-state index is 13.2. The number of nitrogens with zero attached hydrogens (tertiary/aromatic N) is 3. The van der Waals surface area contributed by atoms with Crippen LogP contribution in [0.3, 0.4) is 0 Å². The maximum Gasteiger partial charge on any atom is 0.254 e. The van der Waals surface area contributed by atoms with E-state index in [0.717, 1.165) is 0 Å². The minimum atomic E-state index is -0.501. The second kappa shape index (κ2) is 7.70. The number of piperazine rings is 1. The van der Waals surface area contributed by atoms with Crippen LogP contribution in [0.2, 0.25) is 5.02 Å². The van der Waals surface area contributed by atoms with Gasteiger partial charge in [0.2, 0.25) is 5.91 Å². The lowest BCUT2D eigenvalue weighted by Gasteiger charge is -2.34. The van der Waals surface area contributed by atoms with E-state index >= 15 is 0 Å². The molecule has 1 aromatic heterocycles. The minimum Gasteiger partial charge on any atom is -0.340 e. The zero-order chi connectivity index (χ0) is 18.7. The highest BCUT2D eigenvalue weighted by Crippen LogP contribution is 2.22. The maximum absolute atomic E-state index is 13.2. The van der Waals surface area contributed by atoms with Crippen molar-refractivity contribution in [3.63, 3.8) is 0 Å². The third kappa shape index (κ3) is 4.11. The van der Waals surface area contributed by atoms with Gasteiger partial charge in [0.15, 0.2) is 0 Å². The van der Waals surface area contributed by atoms with Crippen molar-refractivity contribution < 1.29 is 14.0 Å². The third-order valence-corrected chi connectivity index (χ3v) is 4.50. The second-order valence-corrected chi connectivity index (χ2v) is 6.39. The summed E-state index contributed by atoms with van der Waals surface area (Å²) in [4.78, 5) is 31.7. The van der Waals surface area contributed by atoms with E-state index in [1.54, 1.807) is 28.0 Å². The van der Waals surface area contributed by atoms with Gasteiger partial charge < -0.3 is 15.1 Å². The molecule has 0 radical (unpaired) electrons. The van der Waals surface area contributed by atoms with Crippen molar-refractivity contribution in [1.29, 1.82) is 0 Å². The van der Waals surface area contributed by atoms with Crippen LogP contribution in [-0.2, 0) is 4.79 Å². The van der Waals surface area contributed by atoms with Crippen molar-refractivity contribution in [2.45, 2.75) is 6.92 Å². The number of benzene rings is 1. The smallest absolute Gasteiger partial charge is 0.254 e. The van der Waals surface area contributed by atoms with E-state index in [4.69, 9.17) is 11.6 Å². The van der Waals surface area contributed by atoms with Gasteiger partial charge in [-0.1, -0.05) is 11.6 Å². The Morgan fingerprint density at radius 1 is 1.12 bits per heavy atom.